The van der Waals surface area contributed by atoms with E-state index in [-0.39, 0.29) is 85.8 Å². The highest BCUT2D eigenvalue weighted by Crippen LogP contribution is 2.24. The van der Waals surface area contributed by atoms with Crippen LogP contribution in [-0.2, 0) is 4.74 Å². The topological polar surface area (TPSA) is 221 Å². The van der Waals surface area contributed by atoms with E-state index < -0.39 is 17.7 Å². The van der Waals surface area contributed by atoms with Crippen molar-refractivity contribution in [1.29, 1.82) is 0 Å². The molecule has 3 amide bonds. The number of amides is 3. The second-order valence-corrected chi connectivity index (χ2v) is 16.2. The van der Waals surface area contributed by atoms with Crippen molar-refractivity contribution >= 4 is 66.1 Å². The van der Waals surface area contributed by atoms with Crippen molar-refractivity contribution < 1.29 is 46.9 Å². The van der Waals surface area contributed by atoms with Crippen LogP contribution in [0.25, 0.3) is 0 Å². The number of methoxy groups -OCH3 is 2. The highest BCUT2D eigenvalue weighted by atomic mass is 35.5. The van der Waals surface area contributed by atoms with E-state index in [1.165, 1.54) is 12.5 Å². The van der Waals surface area contributed by atoms with Crippen LogP contribution in [0.1, 0.15) is 41.7 Å². The summed E-state index contributed by atoms with van der Waals surface area (Å²) in [5.41, 5.74) is 1.28. The van der Waals surface area contributed by atoms with Gasteiger partial charge in [0, 0.05) is 63.0 Å². The first-order valence-corrected chi connectivity index (χ1v) is 21.5. The third kappa shape index (κ3) is 15.1. The maximum Gasteiger partial charge on any atom is 0.410 e. The van der Waals surface area contributed by atoms with Gasteiger partial charge in [0.05, 0.1) is 38.7 Å². The van der Waals surface area contributed by atoms with Crippen LogP contribution in [0.15, 0.2) is 119 Å². The van der Waals surface area contributed by atoms with E-state index in [1.807, 2.05) is 69.3 Å². The molecule has 69 heavy (non-hydrogen) atoms. The highest BCUT2D eigenvalue weighted by molar-refractivity contribution is 5.93. The number of carbonyl (C=O) groups excluding carboxylic acids is 3. The van der Waals surface area contributed by atoms with Gasteiger partial charge >= 0.3 is 6.09 Å². The summed E-state index contributed by atoms with van der Waals surface area (Å²) in [6.07, 6.45) is 8.83. The van der Waals surface area contributed by atoms with Crippen molar-refractivity contribution in [3.63, 3.8) is 0 Å². The van der Waals surface area contributed by atoms with E-state index in [2.05, 4.69) is 35.9 Å². The Bertz CT molecular complexity index is 2510. The average Bonchev–Trinajstić information content (AvgIpc) is 4.03. The number of carbonyl (C=O) groups is 3. The second-order valence-electron chi connectivity index (χ2n) is 16.2. The Labute approximate surface area is 411 Å². The van der Waals surface area contributed by atoms with Gasteiger partial charge in [0.1, 0.15) is 54.3 Å². The Morgan fingerprint density at radius 2 is 1.17 bits per heavy atom. The summed E-state index contributed by atoms with van der Waals surface area (Å²) in [6.45, 7) is 8.73. The monoisotopic (exact) mass is 990 g/mol. The summed E-state index contributed by atoms with van der Waals surface area (Å²) in [5.74, 6) is 2.19. The van der Waals surface area contributed by atoms with Crippen LogP contribution in [0, 0.1) is 0 Å². The van der Waals surface area contributed by atoms with E-state index in [9.17, 15) is 14.4 Å². The summed E-state index contributed by atoms with van der Waals surface area (Å²) < 4.78 is 38.5. The zero-order valence-electron chi connectivity index (χ0n) is 38.7. The first-order chi connectivity index (χ1) is 32.4. The van der Waals surface area contributed by atoms with Gasteiger partial charge in [-0.15, -0.1) is 24.8 Å². The third-order valence-electron chi connectivity index (χ3n) is 10.3. The molecule has 0 saturated carbocycles. The van der Waals surface area contributed by atoms with Gasteiger partial charge in [-0.25, -0.2) is 4.79 Å². The molecule has 22 heteroatoms. The van der Waals surface area contributed by atoms with Gasteiger partial charge < -0.3 is 63.2 Å². The molecule has 0 aliphatic carbocycles. The molecule has 2 unspecified atom stereocenters. The average molecular weight is 992 g/mol. The Morgan fingerprint density at radius 1 is 0.681 bits per heavy atom. The molecule has 3 N–H and O–H groups in total. The first-order valence-electron chi connectivity index (χ1n) is 21.5. The lowest BCUT2D eigenvalue weighted by Gasteiger charge is -2.41. The van der Waals surface area contributed by atoms with Crippen LogP contribution in [0.3, 0.4) is 0 Å². The summed E-state index contributed by atoms with van der Waals surface area (Å²) in [4.78, 5) is 60.9. The Morgan fingerprint density at radius 3 is 1.64 bits per heavy atom. The van der Waals surface area contributed by atoms with Crippen LogP contribution >= 0.6 is 24.8 Å². The van der Waals surface area contributed by atoms with Crippen molar-refractivity contribution in [2.45, 2.75) is 38.5 Å². The third-order valence-corrected chi connectivity index (χ3v) is 10.3. The van der Waals surface area contributed by atoms with Crippen LogP contribution in [0.5, 0.6) is 23.0 Å². The maximum absolute atomic E-state index is 13.4. The Hall–Kier alpha value is -7.29. The zero-order valence-corrected chi connectivity index (χ0v) is 40.4. The van der Waals surface area contributed by atoms with Crippen molar-refractivity contribution in [3.05, 3.63) is 121 Å². The lowest BCUT2D eigenvalue weighted by atomic mass is 10.1. The molecule has 8 rings (SSSR count). The quantitative estimate of drug-likeness (QED) is 0.0989. The molecule has 368 valence electrons. The van der Waals surface area contributed by atoms with E-state index in [4.69, 9.17) is 32.5 Å². The minimum absolute atomic E-state index is 0. The molecule has 0 spiro atoms. The molecular formula is C47H56Cl2N10O10. The van der Waals surface area contributed by atoms with Gasteiger partial charge in [0.15, 0.2) is 11.4 Å². The highest BCUT2D eigenvalue weighted by Gasteiger charge is 2.36. The van der Waals surface area contributed by atoms with Gasteiger partial charge in [0.25, 0.3) is 23.8 Å². The standard InChI is InChI=1S/C26H31N5O6.C21H23N5O4.2ClH/c1-26(2,3)37-25(33)30-12-13-31(19(15-30)16-35-21-6-5-11-27-14-21)23(32)22-17-36-24(29-22)28-18-7-9-20(34-4)10-8-18;1-28-17-6-4-15(5-7-17)24-21-25-19(14-30-21)20(27)26-10-9-23-11-16(26)13-29-18-3-2-8-22-12-18;;/h5-11,14,17,19H,12-13,15-16H2,1-4H3,(H,28,29);2-8,12,14,16,23H,9-11,13H2,1H3,(H,24,25);2*1H. The van der Waals surface area contributed by atoms with Crippen LogP contribution < -0.4 is 34.9 Å². The summed E-state index contributed by atoms with van der Waals surface area (Å²) >= 11 is 0. The second kappa shape index (κ2) is 25.2. The summed E-state index contributed by atoms with van der Waals surface area (Å²) in [5, 5.41) is 9.37. The van der Waals surface area contributed by atoms with Crippen molar-refractivity contribution in [3.8, 4) is 23.0 Å². The molecule has 6 aromatic rings. The van der Waals surface area contributed by atoms with E-state index in [0.29, 0.717) is 44.3 Å². The number of nitrogens with zero attached hydrogens (tertiary/aromatic N) is 7. The fourth-order valence-corrected chi connectivity index (χ4v) is 6.93. The molecule has 2 saturated heterocycles. The van der Waals surface area contributed by atoms with Gasteiger partial charge in [-0.3, -0.25) is 19.6 Å². The van der Waals surface area contributed by atoms with E-state index in [0.717, 1.165) is 22.9 Å². The number of pyridine rings is 2. The lowest BCUT2D eigenvalue weighted by molar-refractivity contribution is -0.00109. The molecule has 2 aliphatic heterocycles. The molecule has 0 radical (unpaired) electrons. The van der Waals surface area contributed by atoms with E-state index >= 15 is 0 Å². The maximum atomic E-state index is 13.4. The first kappa shape index (κ1) is 52.7. The molecule has 2 fully saturated rings. The SMILES string of the molecule is COc1ccc(Nc2nc(C(=O)N3CCN(C(=O)OC(C)(C)C)CC3COc3cccnc3)co2)cc1.COc1ccc(Nc2nc(C(=O)N3CCNCC3COc3cccnc3)co2)cc1.Cl.Cl. The lowest BCUT2D eigenvalue weighted by Crippen LogP contribution is -2.59. The number of nitrogens with one attached hydrogen (secondary N) is 3. The minimum atomic E-state index is -0.625. The van der Waals surface area contributed by atoms with Gasteiger partial charge in [-0.1, -0.05) is 0 Å². The Kier molecular flexibility index (Phi) is 19.2. The fourth-order valence-electron chi connectivity index (χ4n) is 6.93. The number of halogens is 2. The van der Waals surface area contributed by atoms with Crippen molar-refractivity contribution in [2.75, 3.05) is 77.3 Å². The zero-order chi connectivity index (χ0) is 47.2. The molecule has 0 bridgehead atoms. The number of rotatable bonds is 14. The molecule has 4 aromatic heterocycles. The minimum Gasteiger partial charge on any atom is -0.497 e. The molecule has 20 nitrogen and oxygen atoms in total. The van der Waals surface area contributed by atoms with Crippen LogP contribution in [-0.4, -0.2) is 137 Å². The van der Waals surface area contributed by atoms with Gasteiger partial charge in [-0.2, -0.15) is 9.97 Å². The van der Waals surface area contributed by atoms with Crippen molar-refractivity contribution in [2.24, 2.45) is 0 Å². The number of hydrogen-bond donors (Lipinski definition) is 3. The number of benzene rings is 2. The molecule has 6 heterocycles. The number of piperazine rings is 2. The molecule has 2 atom stereocenters. The summed E-state index contributed by atoms with van der Waals surface area (Å²) in [7, 11) is 3.20. The molecular weight excluding hydrogens is 935 g/mol. The number of oxazole rings is 2. The van der Waals surface area contributed by atoms with Crippen LogP contribution in [0.2, 0.25) is 0 Å². The molecule has 2 aromatic carbocycles. The smallest absolute Gasteiger partial charge is 0.410 e. The summed E-state index contributed by atoms with van der Waals surface area (Å²) in [6, 6.07) is 21.6. The number of hydrogen-bond acceptors (Lipinski definition) is 17. The molecule has 2 aliphatic rings. The predicted octanol–water partition coefficient (Wildman–Crippen LogP) is 7.12. The largest absolute Gasteiger partial charge is 0.497 e. The predicted molar refractivity (Wildman–Crippen MR) is 260 cm³/mol. The normalized spacial score (nSPS) is 15.5. The number of aromatic nitrogens is 4. The fraction of sp³-hybridized carbons (Fsp3) is 0.340. The van der Waals surface area contributed by atoms with Gasteiger partial charge in [0.2, 0.25) is 0 Å². The van der Waals surface area contributed by atoms with Gasteiger partial charge in [-0.05, 0) is 93.6 Å². The number of anilines is 4. The number of ether oxygens (including phenoxy) is 5. The Balaban J connectivity index is 0.000000255. The van der Waals surface area contributed by atoms with E-state index in [1.54, 1.807) is 78.0 Å². The van der Waals surface area contributed by atoms with Crippen molar-refractivity contribution in [1.82, 2.24) is 40.0 Å². The van der Waals surface area contributed by atoms with Crippen LogP contribution in [0.4, 0.5) is 28.2 Å².